The van der Waals surface area contributed by atoms with Crippen molar-refractivity contribution in [3.8, 4) is 0 Å². The van der Waals surface area contributed by atoms with E-state index < -0.39 is 14.8 Å². The molecule has 1 N–H and O–H groups in total. The van der Waals surface area contributed by atoms with E-state index in [1.165, 1.54) is 0 Å². The highest BCUT2D eigenvalue weighted by molar-refractivity contribution is 6.55. The van der Waals surface area contributed by atoms with E-state index in [0.29, 0.717) is 6.42 Å². The van der Waals surface area contributed by atoms with Crippen LogP contribution in [0, 0.1) is 0 Å². The highest BCUT2D eigenvalue weighted by Gasteiger charge is 1.98. The fourth-order valence-electron chi connectivity index (χ4n) is 0.662. The van der Waals surface area contributed by atoms with Crippen molar-refractivity contribution >= 4 is 14.8 Å². The largest absolute Gasteiger partial charge is 0.481 e. The molecule has 0 saturated carbocycles. The van der Waals surface area contributed by atoms with Crippen LogP contribution < -0.4 is 0 Å². The van der Waals surface area contributed by atoms with Crippen LogP contribution in [0.4, 0.5) is 0 Å². The minimum Gasteiger partial charge on any atom is -0.481 e. The van der Waals surface area contributed by atoms with Gasteiger partial charge in [-0.05, 0) is 6.42 Å². The molecule has 0 aliphatic heterocycles. The second-order valence-corrected chi connectivity index (χ2v) is 6.04. The third kappa shape index (κ3) is 7.69. The quantitative estimate of drug-likeness (QED) is 0.608. The fraction of sp³-hybridized carbons (Fsp3) is 0.833. The maximum Gasteiger partial charge on any atom is 0.303 e. The molecule has 0 aromatic rings. The molecule has 0 aromatic heterocycles. The molecular weight excluding hydrogens is 132 g/mol. The van der Waals surface area contributed by atoms with Crippen LogP contribution in [-0.4, -0.2) is 19.9 Å². The van der Waals surface area contributed by atoms with E-state index in [1.807, 2.05) is 0 Å². The summed E-state index contributed by atoms with van der Waals surface area (Å²) in [4.78, 5) is 10.00. The van der Waals surface area contributed by atoms with Crippen LogP contribution in [0.1, 0.15) is 12.8 Å². The maximum atomic E-state index is 10.00. The SMILES string of the molecule is C[SiH](C)CCCC(=O)O. The average molecular weight is 146 g/mol. The number of carboxylic acids is 1. The third-order valence-electron chi connectivity index (χ3n) is 1.17. The van der Waals surface area contributed by atoms with Gasteiger partial charge in [0.2, 0.25) is 0 Å². The Labute approximate surface area is 57.5 Å². The molecule has 0 bridgehead atoms. The Kier molecular flexibility index (Phi) is 4.40. The van der Waals surface area contributed by atoms with E-state index in [9.17, 15) is 4.79 Å². The lowest BCUT2D eigenvalue weighted by Crippen LogP contribution is -2.01. The van der Waals surface area contributed by atoms with E-state index in [0.717, 1.165) is 12.5 Å². The van der Waals surface area contributed by atoms with Gasteiger partial charge in [0, 0.05) is 15.2 Å². The van der Waals surface area contributed by atoms with Crippen molar-refractivity contribution in [3.05, 3.63) is 0 Å². The fourth-order valence-corrected chi connectivity index (χ4v) is 1.68. The Bertz CT molecular complexity index is 91.1. The molecule has 0 radical (unpaired) electrons. The van der Waals surface area contributed by atoms with Gasteiger partial charge in [-0.2, -0.15) is 0 Å². The summed E-state index contributed by atoms with van der Waals surface area (Å²) in [6.45, 7) is 4.48. The highest BCUT2D eigenvalue weighted by atomic mass is 28.3. The smallest absolute Gasteiger partial charge is 0.303 e. The summed E-state index contributed by atoms with van der Waals surface area (Å²) < 4.78 is 0. The van der Waals surface area contributed by atoms with Crippen molar-refractivity contribution in [1.82, 2.24) is 0 Å². The van der Waals surface area contributed by atoms with Gasteiger partial charge in [0.15, 0.2) is 0 Å². The van der Waals surface area contributed by atoms with Gasteiger partial charge in [-0.25, -0.2) is 0 Å². The molecule has 0 spiro atoms. The monoisotopic (exact) mass is 146 g/mol. The molecule has 0 aromatic carbocycles. The van der Waals surface area contributed by atoms with Crippen LogP contribution in [0.2, 0.25) is 19.1 Å². The number of rotatable bonds is 4. The summed E-state index contributed by atoms with van der Waals surface area (Å²) in [6.07, 6.45) is 1.23. The molecule has 0 aliphatic rings. The normalized spacial score (nSPS) is 10.1. The second-order valence-electron chi connectivity index (χ2n) is 2.68. The summed E-state index contributed by atoms with van der Waals surface area (Å²) in [5.41, 5.74) is 0. The van der Waals surface area contributed by atoms with Crippen LogP contribution in [0.25, 0.3) is 0 Å². The molecule has 0 heterocycles. The van der Waals surface area contributed by atoms with Crippen LogP contribution >= 0.6 is 0 Å². The first-order chi connectivity index (χ1) is 4.13. The first kappa shape index (κ1) is 8.69. The van der Waals surface area contributed by atoms with Crippen molar-refractivity contribution in [2.45, 2.75) is 32.0 Å². The van der Waals surface area contributed by atoms with Crippen molar-refractivity contribution in [1.29, 1.82) is 0 Å². The minimum atomic E-state index is -0.662. The minimum absolute atomic E-state index is 0.352. The van der Waals surface area contributed by atoms with Crippen molar-refractivity contribution in [2.75, 3.05) is 0 Å². The summed E-state index contributed by atoms with van der Waals surface area (Å²) in [6, 6.07) is 1.16. The first-order valence-electron chi connectivity index (χ1n) is 3.34. The van der Waals surface area contributed by atoms with Gasteiger partial charge in [-0.3, -0.25) is 4.79 Å². The average Bonchev–Trinajstić information content (AvgIpc) is 1.63. The Hall–Kier alpha value is -0.313. The number of hydrogen-bond donors (Lipinski definition) is 1. The van der Waals surface area contributed by atoms with Gasteiger partial charge in [0.25, 0.3) is 0 Å². The van der Waals surface area contributed by atoms with Gasteiger partial charge in [-0.1, -0.05) is 19.1 Å². The van der Waals surface area contributed by atoms with Crippen LogP contribution in [0.3, 0.4) is 0 Å². The maximum absolute atomic E-state index is 10.00. The van der Waals surface area contributed by atoms with Gasteiger partial charge in [0.1, 0.15) is 0 Å². The molecule has 3 heteroatoms. The predicted octanol–water partition coefficient (Wildman–Crippen LogP) is 1.34. The molecule has 0 amide bonds. The zero-order valence-corrected chi connectivity index (χ0v) is 7.21. The summed E-state index contributed by atoms with van der Waals surface area (Å²) >= 11 is 0. The van der Waals surface area contributed by atoms with Gasteiger partial charge in [-0.15, -0.1) is 0 Å². The zero-order chi connectivity index (χ0) is 7.28. The molecule has 0 fully saturated rings. The lowest BCUT2D eigenvalue weighted by molar-refractivity contribution is -0.137. The molecule has 54 valence electrons. The Morgan fingerprint density at radius 3 is 2.44 bits per heavy atom. The van der Waals surface area contributed by atoms with Crippen LogP contribution in [-0.2, 0) is 4.79 Å². The van der Waals surface area contributed by atoms with E-state index in [-0.39, 0.29) is 0 Å². The first-order valence-corrected chi connectivity index (χ1v) is 6.47. The molecular formula is C6H14O2Si. The molecule has 0 saturated heterocycles. The lowest BCUT2D eigenvalue weighted by atomic mass is 10.3. The van der Waals surface area contributed by atoms with Crippen molar-refractivity contribution < 1.29 is 9.90 Å². The summed E-state index contributed by atoms with van der Waals surface area (Å²) in [7, 11) is -0.493. The molecule has 0 unspecified atom stereocenters. The second kappa shape index (κ2) is 4.55. The highest BCUT2D eigenvalue weighted by Crippen LogP contribution is 2.00. The van der Waals surface area contributed by atoms with Crippen LogP contribution in [0.5, 0.6) is 0 Å². The number of hydrogen-bond acceptors (Lipinski definition) is 1. The molecule has 0 aliphatic carbocycles. The Morgan fingerprint density at radius 1 is 1.56 bits per heavy atom. The van der Waals surface area contributed by atoms with E-state index >= 15 is 0 Å². The third-order valence-corrected chi connectivity index (χ3v) is 2.74. The topological polar surface area (TPSA) is 37.3 Å². The van der Waals surface area contributed by atoms with E-state index in [4.69, 9.17) is 5.11 Å². The van der Waals surface area contributed by atoms with Crippen molar-refractivity contribution in [3.63, 3.8) is 0 Å². The van der Waals surface area contributed by atoms with Gasteiger partial charge >= 0.3 is 5.97 Å². The summed E-state index contributed by atoms with van der Waals surface area (Å²) in [5, 5.41) is 8.24. The molecule has 2 nitrogen and oxygen atoms in total. The molecule has 0 atom stereocenters. The van der Waals surface area contributed by atoms with Crippen molar-refractivity contribution in [2.24, 2.45) is 0 Å². The Balaban J connectivity index is 3.01. The molecule has 9 heavy (non-hydrogen) atoms. The van der Waals surface area contributed by atoms with E-state index in [1.54, 1.807) is 0 Å². The van der Waals surface area contributed by atoms with Crippen LogP contribution in [0.15, 0.2) is 0 Å². The number of carboxylic acid groups (broad SMARTS) is 1. The number of aliphatic carboxylic acids is 1. The molecule has 0 rings (SSSR count). The predicted molar refractivity (Wildman–Crippen MR) is 40.6 cm³/mol. The Morgan fingerprint density at radius 2 is 2.11 bits per heavy atom. The lowest BCUT2D eigenvalue weighted by Gasteiger charge is -1.98. The summed E-state index contributed by atoms with van der Waals surface area (Å²) in [5.74, 6) is -0.662. The van der Waals surface area contributed by atoms with Gasteiger partial charge < -0.3 is 5.11 Å². The number of carbonyl (C=O) groups is 1. The van der Waals surface area contributed by atoms with E-state index in [2.05, 4.69) is 13.1 Å². The zero-order valence-electron chi connectivity index (χ0n) is 6.05. The standard InChI is InChI=1S/C6H14O2Si/c1-9(2)5-3-4-6(7)8/h9H,3-5H2,1-2H3,(H,7,8). The van der Waals surface area contributed by atoms with Gasteiger partial charge in [0.05, 0.1) is 0 Å².